The second kappa shape index (κ2) is 6.36. The van der Waals surface area contributed by atoms with Crippen molar-refractivity contribution in [3.8, 4) is 0 Å². The molecule has 0 amide bonds. The van der Waals surface area contributed by atoms with E-state index in [1.807, 2.05) is 19.1 Å². The predicted molar refractivity (Wildman–Crippen MR) is 81.7 cm³/mol. The summed E-state index contributed by atoms with van der Waals surface area (Å²) in [6.07, 6.45) is 1.27. The number of nitro groups is 1. The maximum Gasteiger partial charge on any atom is 0.353 e. The topological polar surface area (TPSA) is 93.0 Å². The normalized spacial score (nSPS) is 11.8. The van der Waals surface area contributed by atoms with Gasteiger partial charge in [0.25, 0.3) is 0 Å². The summed E-state index contributed by atoms with van der Waals surface area (Å²) < 4.78 is 0. The van der Waals surface area contributed by atoms with Crippen molar-refractivity contribution in [3.05, 3.63) is 51.3 Å². The zero-order valence-electron chi connectivity index (χ0n) is 11.5. The molecule has 0 fully saturated rings. The fourth-order valence-electron chi connectivity index (χ4n) is 1.88. The lowest BCUT2D eigenvalue weighted by Crippen LogP contribution is -2.11. The first-order valence-electron chi connectivity index (χ1n) is 6.22. The smallest absolute Gasteiger partial charge is 0.353 e. The molecule has 1 aromatic carbocycles. The monoisotopic (exact) mass is 307 g/mol. The van der Waals surface area contributed by atoms with E-state index >= 15 is 0 Å². The third kappa shape index (κ3) is 3.38. The molecule has 1 aromatic heterocycles. The van der Waals surface area contributed by atoms with Gasteiger partial charge < -0.3 is 10.6 Å². The van der Waals surface area contributed by atoms with Crippen LogP contribution in [0, 0.1) is 10.1 Å². The molecule has 0 saturated carbocycles. The Balaban J connectivity index is 2.30. The third-order valence-corrected chi connectivity index (χ3v) is 3.22. The lowest BCUT2D eigenvalue weighted by Gasteiger charge is -2.15. The zero-order chi connectivity index (χ0) is 15.4. The van der Waals surface area contributed by atoms with Crippen LogP contribution in [0.1, 0.15) is 18.5 Å². The van der Waals surface area contributed by atoms with Crippen LogP contribution in [0.3, 0.4) is 0 Å². The van der Waals surface area contributed by atoms with Crippen molar-refractivity contribution < 1.29 is 4.92 Å². The summed E-state index contributed by atoms with van der Waals surface area (Å²) in [7, 11) is 1.57. The molecule has 7 nitrogen and oxygen atoms in total. The maximum absolute atomic E-state index is 11.2. The number of anilines is 2. The number of halogens is 1. The van der Waals surface area contributed by atoms with Gasteiger partial charge in [0.1, 0.15) is 6.33 Å². The number of hydrogen-bond acceptors (Lipinski definition) is 6. The highest BCUT2D eigenvalue weighted by atomic mass is 35.5. The minimum absolute atomic E-state index is 0.166. The molecular weight excluding hydrogens is 294 g/mol. The molecule has 1 heterocycles. The molecule has 1 atom stereocenters. The Morgan fingerprint density at radius 3 is 2.43 bits per heavy atom. The highest BCUT2D eigenvalue weighted by molar-refractivity contribution is 6.30. The summed E-state index contributed by atoms with van der Waals surface area (Å²) in [6, 6.07) is 7.07. The van der Waals surface area contributed by atoms with Crippen LogP contribution < -0.4 is 10.6 Å². The van der Waals surface area contributed by atoms with Gasteiger partial charge >= 0.3 is 5.69 Å². The molecule has 0 bridgehead atoms. The van der Waals surface area contributed by atoms with Crippen LogP contribution in [0.25, 0.3) is 0 Å². The minimum atomic E-state index is -0.511. The van der Waals surface area contributed by atoms with E-state index in [0.717, 1.165) is 5.56 Å². The molecule has 110 valence electrons. The lowest BCUT2D eigenvalue weighted by molar-refractivity contribution is -0.383. The van der Waals surface area contributed by atoms with E-state index in [-0.39, 0.29) is 23.4 Å². The van der Waals surface area contributed by atoms with Gasteiger partial charge in [0, 0.05) is 12.1 Å². The fraction of sp³-hybridized carbons (Fsp3) is 0.231. The molecule has 2 N–H and O–H groups in total. The van der Waals surface area contributed by atoms with Crippen molar-refractivity contribution in [2.24, 2.45) is 0 Å². The van der Waals surface area contributed by atoms with Crippen LogP contribution in [0.4, 0.5) is 17.3 Å². The first-order valence-corrected chi connectivity index (χ1v) is 6.60. The second-order valence-electron chi connectivity index (χ2n) is 4.34. The SMILES string of the molecule is CNc1ncnc(NC(C)c2ccc(Cl)cc2)c1[N+](=O)[O-]. The molecule has 0 aliphatic rings. The largest absolute Gasteiger partial charge is 0.367 e. The molecule has 0 aliphatic heterocycles. The van der Waals surface area contributed by atoms with E-state index < -0.39 is 4.92 Å². The number of benzene rings is 1. The standard InChI is InChI=1S/C13H14ClN5O2/c1-8(9-3-5-10(14)6-4-9)18-13-11(19(20)21)12(15-2)16-7-17-13/h3-8H,1-2H3,(H2,15,16,17,18). The second-order valence-corrected chi connectivity index (χ2v) is 4.78. The Kier molecular flexibility index (Phi) is 4.54. The summed E-state index contributed by atoms with van der Waals surface area (Å²) in [5.74, 6) is 0.336. The minimum Gasteiger partial charge on any atom is -0.367 e. The van der Waals surface area contributed by atoms with Gasteiger partial charge in [-0.25, -0.2) is 9.97 Å². The number of rotatable bonds is 5. The molecule has 0 saturated heterocycles. The van der Waals surface area contributed by atoms with Crippen LogP contribution in [-0.2, 0) is 0 Å². The van der Waals surface area contributed by atoms with E-state index in [2.05, 4.69) is 20.6 Å². The van der Waals surface area contributed by atoms with Gasteiger partial charge in [-0.05, 0) is 24.6 Å². The van der Waals surface area contributed by atoms with Crippen molar-refractivity contribution in [1.29, 1.82) is 0 Å². The number of aromatic nitrogens is 2. The third-order valence-electron chi connectivity index (χ3n) is 2.96. The maximum atomic E-state index is 11.2. The van der Waals surface area contributed by atoms with Crippen LogP contribution >= 0.6 is 11.6 Å². The van der Waals surface area contributed by atoms with Crippen LogP contribution in [0.2, 0.25) is 5.02 Å². The van der Waals surface area contributed by atoms with Crippen molar-refractivity contribution in [2.45, 2.75) is 13.0 Å². The van der Waals surface area contributed by atoms with Crippen molar-refractivity contribution >= 4 is 28.9 Å². The molecule has 2 rings (SSSR count). The Morgan fingerprint density at radius 1 is 1.24 bits per heavy atom. The number of hydrogen-bond donors (Lipinski definition) is 2. The van der Waals surface area contributed by atoms with Gasteiger partial charge in [0.15, 0.2) is 0 Å². The molecule has 0 spiro atoms. The average molecular weight is 308 g/mol. The van der Waals surface area contributed by atoms with Crippen LogP contribution in [0.15, 0.2) is 30.6 Å². The molecular formula is C13H14ClN5O2. The van der Waals surface area contributed by atoms with E-state index in [1.54, 1.807) is 19.2 Å². The van der Waals surface area contributed by atoms with Gasteiger partial charge in [-0.2, -0.15) is 0 Å². The molecule has 2 aromatic rings. The lowest BCUT2D eigenvalue weighted by atomic mass is 10.1. The predicted octanol–water partition coefficient (Wildman–Crippen LogP) is 3.25. The molecule has 8 heteroatoms. The zero-order valence-corrected chi connectivity index (χ0v) is 12.3. The van der Waals surface area contributed by atoms with Crippen molar-refractivity contribution in [3.63, 3.8) is 0 Å². The van der Waals surface area contributed by atoms with Crippen LogP contribution in [0.5, 0.6) is 0 Å². The van der Waals surface area contributed by atoms with Crippen molar-refractivity contribution in [1.82, 2.24) is 9.97 Å². The summed E-state index contributed by atoms with van der Waals surface area (Å²) in [5.41, 5.74) is 0.763. The molecule has 0 aliphatic carbocycles. The Bertz CT molecular complexity index is 648. The number of nitrogens with one attached hydrogen (secondary N) is 2. The average Bonchev–Trinajstić information content (AvgIpc) is 2.47. The van der Waals surface area contributed by atoms with E-state index in [4.69, 9.17) is 11.6 Å². The fourth-order valence-corrected chi connectivity index (χ4v) is 2.01. The molecule has 0 radical (unpaired) electrons. The van der Waals surface area contributed by atoms with Gasteiger partial charge in [-0.15, -0.1) is 0 Å². The van der Waals surface area contributed by atoms with Gasteiger partial charge in [0.2, 0.25) is 11.6 Å². The summed E-state index contributed by atoms with van der Waals surface area (Å²) >= 11 is 5.84. The summed E-state index contributed by atoms with van der Waals surface area (Å²) in [5, 5.41) is 17.5. The Morgan fingerprint density at radius 2 is 1.86 bits per heavy atom. The van der Waals surface area contributed by atoms with Crippen molar-refractivity contribution in [2.75, 3.05) is 17.7 Å². The van der Waals surface area contributed by atoms with Gasteiger partial charge in [-0.1, -0.05) is 23.7 Å². The van der Waals surface area contributed by atoms with E-state index in [1.165, 1.54) is 6.33 Å². The summed E-state index contributed by atoms with van der Waals surface area (Å²) in [6.45, 7) is 1.88. The first-order chi connectivity index (χ1) is 10.0. The number of nitrogens with zero attached hydrogens (tertiary/aromatic N) is 3. The van der Waals surface area contributed by atoms with Gasteiger partial charge in [-0.3, -0.25) is 10.1 Å². The van der Waals surface area contributed by atoms with E-state index in [9.17, 15) is 10.1 Å². The van der Waals surface area contributed by atoms with Crippen LogP contribution in [-0.4, -0.2) is 21.9 Å². The Hall–Kier alpha value is -2.41. The quantitative estimate of drug-likeness (QED) is 0.650. The highest BCUT2D eigenvalue weighted by Crippen LogP contribution is 2.31. The van der Waals surface area contributed by atoms with E-state index in [0.29, 0.717) is 5.02 Å². The highest BCUT2D eigenvalue weighted by Gasteiger charge is 2.23. The molecule has 21 heavy (non-hydrogen) atoms. The first kappa shape index (κ1) is 15.0. The Labute approximate surface area is 126 Å². The van der Waals surface area contributed by atoms with Gasteiger partial charge in [0.05, 0.1) is 11.0 Å². The summed E-state index contributed by atoms with van der Waals surface area (Å²) in [4.78, 5) is 18.5. The molecule has 1 unspecified atom stereocenters.